The molecule has 2 aromatic rings. The summed E-state index contributed by atoms with van der Waals surface area (Å²) < 4.78 is 20.0. The smallest absolute Gasteiger partial charge is 0.348 e. The van der Waals surface area contributed by atoms with Gasteiger partial charge in [0.2, 0.25) is 0 Å². The summed E-state index contributed by atoms with van der Waals surface area (Å²) in [5.74, 6) is -2.32. The zero-order valence-corrected chi connectivity index (χ0v) is 17.3. The van der Waals surface area contributed by atoms with Gasteiger partial charge >= 0.3 is 17.9 Å². The Morgan fingerprint density at radius 1 is 1.00 bits per heavy atom. The molecule has 156 valence electrons. The standard InChI is InChI=1S/C19H21NO8S/c1-5-25-18(23)14-10(3)15(19(24)26-6-2)29-16(14)20-13(21)9-28-17(22)12-7-8-27-11(12)4/h7-8H,5-6,9H2,1-4H3,(H,20,21). The van der Waals surface area contributed by atoms with E-state index in [1.54, 1.807) is 27.7 Å². The molecule has 0 aromatic carbocycles. The molecule has 2 rings (SSSR count). The van der Waals surface area contributed by atoms with Crippen molar-refractivity contribution in [3.05, 3.63) is 39.7 Å². The van der Waals surface area contributed by atoms with Gasteiger partial charge in [0.05, 0.1) is 25.0 Å². The van der Waals surface area contributed by atoms with E-state index in [2.05, 4.69) is 5.32 Å². The largest absolute Gasteiger partial charge is 0.469 e. The van der Waals surface area contributed by atoms with Gasteiger partial charge in [-0.1, -0.05) is 0 Å². The van der Waals surface area contributed by atoms with E-state index in [1.165, 1.54) is 12.3 Å². The van der Waals surface area contributed by atoms with Gasteiger partial charge in [-0.05, 0) is 39.3 Å². The highest BCUT2D eigenvalue weighted by Gasteiger charge is 2.27. The van der Waals surface area contributed by atoms with Crippen LogP contribution < -0.4 is 5.32 Å². The lowest BCUT2D eigenvalue weighted by Gasteiger charge is -2.07. The fourth-order valence-corrected chi connectivity index (χ4v) is 3.52. The summed E-state index contributed by atoms with van der Waals surface area (Å²) in [6.45, 7) is 6.15. The predicted octanol–water partition coefficient (Wildman–Crippen LogP) is 3.11. The van der Waals surface area contributed by atoms with Crippen LogP contribution in [0.4, 0.5) is 5.00 Å². The van der Waals surface area contributed by atoms with Crippen LogP contribution in [-0.4, -0.2) is 43.6 Å². The number of aryl methyl sites for hydroxylation is 1. The van der Waals surface area contributed by atoms with Gasteiger partial charge in [0.15, 0.2) is 6.61 Å². The van der Waals surface area contributed by atoms with Crippen LogP contribution in [0.15, 0.2) is 16.7 Å². The minimum atomic E-state index is -0.716. The Kier molecular flexibility index (Phi) is 7.54. The molecule has 0 bridgehead atoms. The van der Waals surface area contributed by atoms with Crippen molar-refractivity contribution in [2.24, 2.45) is 0 Å². The molecule has 2 heterocycles. The molecule has 0 aliphatic heterocycles. The fourth-order valence-electron chi connectivity index (χ4n) is 2.41. The number of esters is 3. The van der Waals surface area contributed by atoms with Crippen LogP contribution in [-0.2, 0) is 19.0 Å². The Morgan fingerprint density at radius 2 is 1.66 bits per heavy atom. The number of furan rings is 1. The first-order valence-electron chi connectivity index (χ1n) is 8.78. The van der Waals surface area contributed by atoms with E-state index < -0.39 is 30.4 Å². The van der Waals surface area contributed by atoms with Gasteiger partial charge in [-0.25, -0.2) is 14.4 Å². The topological polar surface area (TPSA) is 121 Å². The minimum absolute atomic E-state index is 0.0604. The predicted molar refractivity (Wildman–Crippen MR) is 103 cm³/mol. The van der Waals surface area contributed by atoms with E-state index in [-0.39, 0.29) is 34.2 Å². The molecule has 0 fully saturated rings. The number of nitrogens with one attached hydrogen (secondary N) is 1. The molecule has 1 N–H and O–H groups in total. The first kappa shape index (κ1) is 22.2. The Bertz CT molecular complexity index is 927. The maximum atomic E-state index is 12.3. The number of carbonyl (C=O) groups is 4. The van der Waals surface area contributed by atoms with Crippen molar-refractivity contribution in [1.29, 1.82) is 0 Å². The maximum absolute atomic E-state index is 12.3. The SMILES string of the molecule is CCOC(=O)c1sc(NC(=O)COC(=O)c2ccoc2C)c(C(=O)OCC)c1C. The van der Waals surface area contributed by atoms with Gasteiger partial charge in [-0.2, -0.15) is 0 Å². The average molecular weight is 423 g/mol. The number of thiophene rings is 1. The van der Waals surface area contributed by atoms with Crippen molar-refractivity contribution in [3.63, 3.8) is 0 Å². The van der Waals surface area contributed by atoms with Crippen LogP contribution >= 0.6 is 11.3 Å². The lowest BCUT2D eigenvalue weighted by molar-refractivity contribution is -0.119. The van der Waals surface area contributed by atoms with Crippen LogP contribution in [0.25, 0.3) is 0 Å². The number of carbonyl (C=O) groups excluding carboxylic acids is 4. The molecule has 2 aromatic heterocycles. The molecule has 1 amide bonds. The van der Waals surface area contributed by atoms with Crippen molar-refractivity contribution in [1.82, 2.24) is 0 Å². The summed E-state index contributed by atoms with van der Waals surface area (Å²) in [6, 6.07) is 1.43. The van der Waals surface area contributed by atoms with Gasteiger partial charge in [-0.15, -0.1) is 11.3 Å². The minimum Gasteiger partial charge on any atom is -0.469 e. The van der Waals surface area contributed by atoms with E-state index in [4.69, 9.17) is 18.6 Å². The molecule has 0 unspecified atom stereocenters. The van der Waals surface area contributed by atoms with Gasteiger partial charge in [0, 0.05) is 0 Å². The van der Waals surface area contributed by atoms with Gasteiger partial charge in [0.25, 0.3) is 5.91 Å². The van der Waals surface area contributed by atoms with Crippen LogP contribution in [0.2, 0.25) is 0 Å². The Hall–Kier alpha value is -3.14. The monoisotopic (exact) mass is 423 g/mol. The van der Waals surface area contributed by atoms with Crippen LogP contribution in [0.1, 0.15) is 55.6 Å². The third kappa shape index (κ3) is 5.23. The van der Waals surface area contributed by atoms with Crippen LogP contribution in [0.5, 0.6) is 0 Å². The van der Waals surface area contributed by atoms with Crippen molar-refractivity contribution < 1.29 is 37.8 Å². The van der Waals surface area contributed by atoms with Gasteiger partial charge < -0.3 is 23.9 Å². The van der Waals surface area contributed by atoms with Crippen LogP contribution in [0, 0.1) is 13.8 Å². The molecular weight excluding hydrogens is 402 g/mol. The second-order valence-corrected chi connectivity index (χ2v) is 6.74. The highest BCUT2D eigenvalue weighted by Crippen LogP contribution is 2.34. The summed E-state index contributed by atoms with van der Waals surface area (Å²) in [6.07, 6.45) is 1.34. The van der Waals surface area contributed by atoms with E-state index in [9.17, 15) is 19.2 Å². The molecule has 29 heavy (non-hydrogen) atoms. The molecular formula is C19H21NO8S. The van der Waals surface area contributed by atoms with E-state index >= 15 is 0 Å². The second-order valence-electron chi connectivity index (χ2n) is 5.72. The second kappa shape index (κ2) is 9.87. The summed E-state index contributed by atoms with van der Waals surface area (Å²) in [5.41, 5.74) is 0.611. The Labute approximate surface area is 170 Å². The molecule has 10 heteroatoms. The van der Waals surface area contributed by atoms with Gasteiger partial charge in [-0.3, -0.25) is 4.79 Å². The van der Waals surface area contributed by atoms with Gasteiger partial charge in [0.1, 0.15) is 21.2 Å². The lowest BCUT2D eigenvalue weighted by atomic mass is 10.1. The molecule has 0 saturated heterocycles. The number of rotatable bonds is 8. The van der Waals surface area contributed by atoms with Crippen molar-refractivity contribution in [2.45, 2.75) is 27.7 Å². The number of ether oxygens (including phenoxy) is 3. The molecule has 0 aliphatic carbocycles. The van der Waals surface area contributed by atoms with Crippen molar-refractivity contribution in [3.8, 4) is 0 Å². The molecule has 0 saturated carbocycles. The summed E-state index contributed by atoms with van der Waals surface area (Å²) in [5, 5.41) is 2.61. The highest BCUT2D eigenvalue weighted by molar-refractivity contribution is 7.18. The normalized spacial score (nSPS) is 10.3. The fraction of sp³-hybridized carbons (Fsp3) is 0.368. The van der Waals surface area contributed by atoms with Crippen LogP contribution in [0.3, 0.4) is 0 Å². The van der Waals surface area contributed by atoms with Crippen molar-refractivity contribution >= 4 is 40.2 Å². The number of amides is 1. The maximum Gasteiger partial charge on any atom is 0.348 e. The Morgan fingerprint density at radius 3 is 2.24 bits per heavy atom. The summed E-state index contributed by atoms with van der Waals surface area (Å²) in [4.78, 5) is 48.8. The molecule has 0 aliphatic rings. The quantitative estimate of drug-likeness (QED) is 0.508. The third-order valence-corrected chi connectivity index (χ3v) is 4.94. The number of anilines is 1. The first-order chi connectivity index (χ1) is 13.8. The zero-order chi connectivity index (χ0) is 21.6. The number of hydrogen-bond donors (Lipinski definition) is 1. The molecule has 9 nitrogen and oxygen atoms in total. The third-order valence-electron chi connectivity index (χ3n) is 3.75. The van der Waals surface area contributed by atoms with E-state index in [0.717, 1.165) is 11.3 Å². The number of hydrogen-bond acceptors (Lipinski definition) is 9. The average Bonchev–Trinajstić information content (AvgIpc) is 3.23. The van der Waals surface area contributed by atoms with E-state index in [1.807, 2.05) is 0 Å². The Balaban J connectivity index is 2.17. The molecule has 0 radical (unpaired) electrons. The lowest BCUT2D eigenvalue weighted by Crippen LogP contribution is -2.21. The van der Waals surface area contributed by atoms with Crippen molar-refractivity contribution in [2.75, 3.05) is 25.1 Å². The zero-order valence-electron chi connectivity index (χ0n) is 16.5. The van der Waals surface area contributed by atoms with E-state index in [0.29, 0.717) is 11.3 Å². The molecule has 0 atom stereocenters. The molecule has 0 spiro atoms. The highest BCUT2D eigenvalue weighted by atomic mass is 32.1. The first-order valence-corrected chi connectivity index (χ1v) is 9.60. The summed E-state index contributed by atoms with van der Waals surface area (Å²) in [7, 11) is 0. The summed E-state index contributed by atoms with van der Waals surface area (Å²) >= 11 is 0.888.